The minimum atomic E-state index is 0.967. The van der Waals surface area contributed by atoms with Crippen LogP contribution in [0, 0.1) is 0 Å². The first-order valence-corrected chi connectivity index (χ1v) is 7.32. The van der Waals surface area contributed by atoms with Crippen LogP contribution < -0.4 is 5.32 Å². The summed E-state index contributed by atoms with van der Waals surface area (Å²) in [4.78, 5) is 6.74. The zero-order valence-electron chi connectivity index (χ0n) is 9.30. The molecule has 0 amide bonds. The molecule has 1 N–H and O–H groups in total. The van der Waals surface area contributed by atoms with Crippen LogP contribution >= 0.6 is 22.7 Å². The van der Waals surface area contributed by atoms with Gasteiger partial charge in [0.2, 0.25) is 0 Å². The van der Waals surface area contributed by atoms with Crippen molar-refractivity contribution in [2.75, 3.05) is 6.54 Å². The molecule has 0 bridgehead atoms. The van der Waals surface area contributed by atoms with Gasteiger partial charge >= 0.3 is 0 Å². The Balaban J connectivity index is 1.53. The standard InChI is InChI=1S/C12H13N3S2/c1-2-11(16-7-1)8-13-4-3-10-9-17-12-14-5-6-15(10)12/h1-2,5-7,9,13H,3-4,8H2. The SMILES string of the molecule is c1csc(CNCCc2csc3nccn23)c1. The molecule has 0 saturated heterocycles. The Morgan fingerprint density at radius 3 is 3.24 bits per heavy atom. The maximum Gasteiger partial charge on any atom is 0.193 e. The van der Waals surface area contributed by atoms with E-state index in [0.29, 0.717) is 0 Å². The lowest BCUT2D eigenvalue weighted by Crippen LogP contribution is -2.16. The topological polar surface area (TPSA) is 29.3 Å². The molecule has 0 aliphatic rings. The van der Waals surface area contributed by atoms with Crippen LogP contribution in [0.4, 0.5) is 0 Å². The summed E-state index contributed by atoms with van der Waals surface area (Å²) < 4.78 is 2.16. The number of thiazole rings is 1. The van der Waals surface area contributed by atoms with Gasteiger partial charge in [-0.2, -0.15) is 0 Å². The summed E-state index contributed by atoms with van der Waals surface area (Å²) in [6.45, 7) is 1.97. The van der Waals surface area contributed by atoms with Gasteiger partial charge in [-0.3, -0.25) is 4.40 Å². The summed E-state index contributed by atoms with van der Waals surface area (Å²) in [5, 5.41) is 7.77. The van der Waals surface area contributed by atoms with E-state index in [2.05, 4.69) is 37.6 Å². The minimum Gasteiger partial charge on any atom is -0.311 e. The zero-order chi connectivity index (χ0) is 11.5. The van der Waals surface area contributed by atoms with E-state index in [0.717, 1.165) is 24.5 Å². The van der Waals surface area contributed by atoms with Crippen LogP contribution in [-0.2, 0) is 13.0 Å². The van der Waals surface area contributed by atoms with Gasteiger partial charge in [-0.1, -0.05) is 6.07 Å². The Kier molecular flexibility index (Phi) is 3.22. The van der Waals surface area contributed by atoms with E-state index in [9.17, 15) is 0 Å². The summed E-state index contributed by atoms with van der Waals surface area (Å²) in [6.07, 6.45) is 4.93. The average Bonchev–Trinajstić information content (AvgIpc) is 3.03. The van der Waals surface area contributed by atoms with Gasteiger partial charge in [-0.05, 0) is 11.4 Å². The van der Waals surface area contributed by atoms with Crippen LogP contribution in [0.5, 0.6) is 0 Å². The van der Waals surface area contributed by atoms with Gasteiger partial charge in [0.15, 0.2) is 4.96 Å². The van der Waals surface area contributed by atoms with Crippen molar-refractivity contribution in [2.45, 2.75) is 13.0 Å². The van der Waals surface area contributed by atoms with Gasteiger partial charge < -0.3 is 5.32 Å². The van der Waals surface area contributed by atoms with Crippen LogP contribution in [0.3, 0.4) is 0 Å². The second-order valence-corrected chi connectivity index (χ2v) is 5.68. The second kappa shape index (κ2) is 5.00. The lowest BCUT2D eigenvalue weighted by Gasteiger charge is -2.02. The highest BCUT2D eigenvalue weighted by Gasteiger charge is 2.03. The summed E-state index contributed by atoms with van der Waals surface area (Å²) in [7, 11) is 0. The third-order valence-corrected chi connectivity index (χ3v) is 4.43. The Morgan fingerprint density at radius 2 is 2.35 bits per heavy atom. The third-order valence-electron chi connectivity index (χ3n) is 2.65. The number of rotatable bonds is 5. The maximum atomic E-state index is 4.27. The maximum absolute atomic E-state index is 4.27. The number of aromatic nitrogens is 2. The number of hydrogen-bond donors (Lipinski definition) is 1. The highest BCUT2D eigenvalue weighted by atomic mass is 32.1. The van der Waals surface area contributed by atoms with Crippen LogP contribution in [0.2, 0.25) is 0 Å². The zero-order valence-corrected chi connectivity index (χ0v) is 10.9. The molecule has 0 aromatic carbocycles. The second-order valence-electron chi connectivity index (χ2n) is 3.81. The van der Waals surface area contributed by atoms with Crippen LogP contribution in [0.25, 0.3) is 4.96 Å². The molecule has 0 aliphatic heterocycles. The van der Waals surface area contributed by atoms with E-state index < -0.39 is 0 Å². The predicted molar refractivity (Wildman–Crippen MR) is 72.8 cm³/mol. The van der Waals surface area contributed by atoms with Crippen molar-refractivity contribution in [1.29, 1.82) is 0 Å². The number of thiophene rings is 1. The molecular formula is C12H13N3S2. The molecule has 0 unspecified atom stereocenters. The van der Waals surface area contributed by atoms with Crippen molar-refractivity contribution in [2.24, 2.45) is 0 Å². The van der Waals surface area contributed by atoms with E-state index in [1.54, 1.807) is 22.7 Å². The van der Waals surface area contributed by atoms with Gasteiger partial charge in [0.05, 0.1) is 0 Å². The van der Waals surface area contributed by atoms with Crippen molar-refractivity contribution in [3.05, 3.63) is 45.9 Å². The molecule has 17 heavy (non-hydrogen) atoms. The molecule has 3 rings (SSSR count). The van der Waals surface area contributed by atoms with Crippen molar-refractivity contribution in [3.63, 3.8) is 0 Å². The van der Waals surface area contributed by atoms with Gasteiger partial charge in [0, 0.05) is 47.9 Å². The van der Waals surface area contributed by atoms with Crippen LogP contribution in [-0.4, -0.2) is 15.9 Å². The molecule has 0 atom stereocenters. The third kappa shape index (κ3) is 2.41. The molecule has 5 heteroatoms. The number of nitrogens with one attached hydrogen (secondary N) is 1. The van der Waals surface area contributed by atoms with Gasteiger partial charge in [-0.25, -0.2) is 4.98 Å². The van der Waals surface area contributed by atoms with Crippen LogP contribution in [0.15, 0.2) is 35.3 Å². The lowest BCUT2D eigenvalue weighted by molar-refractivity contribution is 0.684. The summed E-state index contributed by atoms with van der Waals surface area (Å²) in [5.74, 6) is 0. The molecule has 0 radical (unpaired) electrons. The van der Waals surface area contributed by atoms with E-state index >= 15 is 0 Å². The first kappa shape index (κ1) is 11.0. The van der Waals surface area contributed by atoms with Crippen molar-refractivity contribution in [3.8, 4) is 0 Å². The van der Waals surface area contributed by atoms with Gasteiger partial charge in [0.1, 0.15) is 0 Å². The van der Waals surface area contributed by atoms with E-state index in [1.165, 1.54) is 10.6 Å². The highest BCUT2D eigenvalue weighted by Crippen LogP contribution is 2.14. The van der Waals surface area contributed by atoms with Crippen LogP contribution in [0.1, 0.15) is 10.6 Å². The largest absolute Gasteiger partial charge is 0.311 e. The molecule has 3 aromatic rings. The minimum absolute atomic E-state index is 0.967. The molecule has 3 heterocycles. The highest BCUT2D eigenvalue weighted by molar-refractivity contribution is 7.15. The Bertz CT molecular complexity index is 580. The fourth-order valence-electron chi connectivity index (χ4n) is 1.79. The predicted octanol–water partition coefficient (Wildman–Crippen LogP) is 2.79. The van der Waals surface area contributed by atoms with Gasteiger partial charge in [0.25, 0.3) is 0 Å². The van der Waals surface area contributed by atoms with E-state index in [1.807, 2.05) is 12.4 Å². The molecule has 0 saturated carbocycles. The van der Waals surface area contributed by atoms with E-state index in [-0.39, 0.29) is 0 Å². The monoisotopic (exact) mass is 263 g/mol. The number of nitrogens with zero attached hydrogens (tertiary/aromatic N) is 2. The molecule has 88 valence electrons. The number of fused-ring (bicyclic) bond motifs is 1. The summed E-state index contributed by atoms with van der Waals surface area (Å²) in [6, 6.07) is 4.26. The number of imidazole rings is 1. The fourth-order valence-corrected chi connectivity index (χ4v) is 3.35. The molecule has 3 aromatic heterocycles. The van der Waals surface area contributed by atoms with Crippen molar-refractivity contribution >= 4 is 27.6 Å². The number of hydrogen-bond acceptors (Lipinski definition) is 4. The molecule has 0 aliphatic carbocycles. The van der Waals surface area contributed by atoms with Crippen molar-refractivity contribution in [1.82, 2.24) is 14.7 Å². The molecular weight excluding hydrogens is 250 g/mol. The first-order chi connectivity index (χ1) is 8.43. The van der Waals surface area contributed by atoms with E-state index in [4.69, 9.17) is 0 Å². The smallest absolute Gasteiger partial charge is 0.193 e. The first-order valence-electron chi connectivity index (χ1n) is 5.56. The quantitative estimate of drug-likeness (QED) is 0.717. The molecule has 0 spiro atoms. The Hall–Kier alpha value is -1.17. The average molecular weight is 263 g/mol. The lowest BCUT2D eigenvalue weighted by atomic mass is 10.3. The Labute approximate surface area is 108 Å². The molecule has 3 nitrogen and oxygen atoms in total. The Morgan fingerprint density at radius 1 is 1.35 bits per heavy atom. The summed E-state index contributed by atoms with van der Waals surface area (Å²) in [5.41, 5.74) is 1.33. The van der Waals surface area contributed by atoms with Crippen molar-refractivity contribution < 1.29 is 0 Å². The normalized spacial score (nSPS) is 11.3. The van der Waals surface area contributed by atoms with Gasteiger partial charge in [-0.15, -0.1) is 22.7 Å². The summed E-state index contributed by atoms with van der Waals surface area (Å²) >= 11 is 3.50. The molecule has 0 fully saturated rings. The fraction of sp³-hybridized carbons (Fsp3) is 0.250.